The molecule has 0 heterocycles. The molecule has 0 aliphatic carbocycles. The normalized spacial score (nSPS) is 9.12. The van der Waals surface area contributed by atoms with Gasteiger partial charge in [0.25, 0.3) is 0 Å². The first-order chi connectivity index (χ1) is 3.06. The van der Waals surface area contributed by atoms with Gasteiger partial charge in [-0.3, -0.25) is 4.55 Å². The van der Waals surface area contributed by atoms with Gasteiger partial charge in [0.2, 0.25) is 0 Å². The number of hydrogen-bond acceptors (Lipinski definition) is 5. The van der Waals surface area contributed by atoms with Crippen molar-refractivity contribution in [2.45, 2.75) is 0 Å². The second kappa shape index (κ2) is 4.21. The summed E-state index contributed by atoms with van der Waals surface area (Å²) in [7, 11) is -4.65. The quantitative estimate of drug-likeness (QED) is 0.192. The summed E-state index contributed by atoms with van der Waals surface area (Å²) < 4.78 is 28.8. The molecular formula is H2NNaO5S. The fourth-order valence-electron chi connectivity index (χ4n) is 0.0385. The van der Waals surface area contributed by atoms with Crippen LogP contribution in [0.1, 0.15) is 1.43 Å². The Hall–Kier alpha value is 0.310. The average Bonchev–Trinajstić information content (AvgIpc) is 1.30. The fourth-order valence-corrected chi connectivity index (χ4v) is 0.115. The van der Waals surface area contributed by atoms with Crippen molar-refractivity contribution in [2.24, 2.45) is 5.34 Å². The van der Waals surface area contributed by atoms with Crippen LogP contribution in [0.2, 0.25) is 0 Å². The van der Waals surface area contributed by atoms with E-state index in [9.17, 15) is 8.42 Å². The third-order valence-corrected chi connectivity index (χ3v) is 0.374. The molecule has 0 bridgehead atoms. The van der Waals surface area contributed by atoms with Gasteiger partial charge in [-0.2, -0.15) is 8.42 Å². The predicted molar refractivity (Wildman–Crippen MR) is 19.5 cm³/mol. The van der Waals surface area contributed by atoms with Crippen LogP contribution < -0.4 is 29.6 Å². The van der Waals surface area contributed by atoms with E-state index >= 15 is 0 Å². The van der Waals surface area contributed by atoms with E-state index in [1.807, 2.05) is 0 Å². The van der Waals surface area contributed by atoms with Crippen LogP contribution in [0.4, 0.5) is 0 Å². The van der Waals surface area contributed by atoms with Gasteiger partial charge in [-0.05, 0) is 0 Å². The molecule has 44 valence electrons. The van der Waals surface area contributed by atoms with E-state index in [4.69, 9.17) is 9.46 Å². The zero-order valence-electron chi connectivity index (χ0n) is 4.94. The summed E-state index contributed by atoms with van der Waals surface area (Å²) in [5, 5.41) is 1.42. The Kier molecular flexibility index (Phi) is 5.88. The summed E-state index contributed by atoms with van der Waals surface area (Å²) in [6, 6.07) is 0. The monoisotopic (exact) mass is 151 g/mol. The Morgan fingerprint density at radius 2 is 2.00 bits per heavy atom. The average molecular weight is 151 g/mol. The molecule has 8 heavy (non-hydrogen) atoms. The summed E-state index contributed by atoms with van der Waals surface area (Å²) in [5.74, 6) is 0. The summed E-state index contributed by atoms with van der Waals surface area (Å²) >= 11 is 0. The largest absolute Gasteiger partial charge is 1.00 e. The molecule has 0 amide bonds. The van der Waals surface area contributed by atoms with Crippen LogP contribution in [0.5, 0.6) is 0 Å². The van der Waals surface area contributed by atoms with Gasteiger partial charge in [0.15, 0.2) is 5.34 Å². The van der Waals surface area contributed by atoms with Crippen molar-refractivity contribution in [1.82, 2.24) is 0 Å². The molecule has 0 unspecified atom stereocenters. The second-order valence-corrected chi connectivity index (χ2v) is 1.58. The van der Waals surface area contributed by atoms with Gasteiger partial charge >= 0.3 is 40.0 Å². The van der Waals surface area contributed by atoms with Crippen LogP contribution in [0.15, 0.2) is 5.34 Å². The Labute approximate surface area is 68.9 Å². The summed E-state index contributed by atoms with van der Waals surface area (Å²) in [4.78, 5) is 8.81. The fraction of sp³-hybridized carbons (Fsp3) is 0. The first-order valence-electron chi connectivity index (χ1n) is 1.05. The minimum absolute atomic E-state index is 0. The SMILES string of the molecule is O=NOS(=O)(=O)O.[H-].[Na+]. The molecule has 0 atom stereocenters. The molecule has 0 rings (SSSR count). The molecule has 0 aromatic carbocycles. The molecule has 6 nitrogen and oxygen atoms in total. The van der Waals surface area contributed by atoms with E-state index < -0.39 is 10.4 Å². The zero-order valence-corrected chi connectivity index (χ0v) is 6.75. The van der Waals surface area contributed by atoms with E-state index in [1.54, 1.807) is 0 Å². The van der Waals surface area contributed by atoms with Gasteiger partial charge in [-0.15, -0.1) is 4.91 Å². The maximum atomic E-state index is 9.27. The van der Waals surface area contributed by atoms with Gasteiger partial charge < -0.3 is 1.43 Å². The van der Waals surface area contributed by atoms with E-state index in [1.165, 1.54) is 5.34 Å². The molecule has 0 radical (unpaired) electrons. The minimum atomic E-state index is -4.65. The molecule has 0 spiro atoms. The topological polar surface area (TPSA) is 93.0 Å². The summed E-state index contributed by atoms with van der Waals surface area (Å²) in [5.41, 5.74) is 0. The summed E-state index contributed by atoms with van der Waals surface area (Å²) in [6.45, 7) is 0. The molecular weight excluding hydrogens is 149 g/mol. The van der Waals surface area contributed by atoms with Crippen molar-refractivity contribution in [3.63, 3.8) is 0 Å². The Balaban J connectivity index is -0.000000180. The van der Waals surface area contributed by atoms with Gasteiger partial charge in [0, 0.05) is 0 Å². The van der Waals surface area contributed by atoms with Gasteiger partial charge in [-0.25, -0.2) is 4.28 Å². The first kappa shape index (κ1) is 11.2. The zero-order chi connectivity index (χ0) is 5.91. The molecule has 0 aliphatic rings. The van der Waals surface area contributed by atoms with Crippen molar-refractivity contribution < 1.29 is 48.2 Å². The predicted octanol–water partition coefficient (Wildman–Crippen LogP) is -3.40. The van der Waals surface area contributed by atoms with Gasteiger partial charge in [0.05, 0.1) is 0 Å². The van der Waals surface area contributed by atoms with Gasteiger partial charge in [-0.1, -0.05) is 0 Å². The minimum Gasteiger partial charge on any atom is -1.00 e. The standard InChI is InChI=1S/HNO5S.Na.H/c2-1-6-7(3,4)5;;/h(H,3,4,5);;/q;+1;-1. The summed E-state index contributed by atoms with van der Waals surface area (Å²) in [6.07, 6.45) is 0. The molecule has 0 aromatic heterocycles. The van der Waals surface area contributed by atoms with E-state index in [2.05, 4.69) is 4.28 Å². The molecule has 0 fully saturated rings. The van der Waals surface area contributed by atoms with Crippen molar-refractivity contribution in [3.8, 4) is 0 Å². The van der Waals surface area contributed by atoms with Crippen LogP contribution in [-0.2, 0) is 14.7 Å². The molecule has 8 heteroatoms. The Morgan fingerprint density at radius 3 is 2.00 bits per heavy atom. The van der Waals surface area contributed by atoms with E-state index in [-0.39, 0.29) is 31.0 Å². The number of rotatable bonds is 2. The third-order valence-electron chi connectivity index (χ3n) is 0.125. The maximum absolute atomic E-state index is 9.27. The van der Waals surface area contributed by atoms with Crippen LogP contribution in [-0.4, -0.2) is 13.0 Å². The number of nitrogens with zero attached hydrogens (tertiary/aromatic N) is 1. The van der Waals surface area contributed by atoms with Crippen molar-refractivity contribution in [2.75, 3.05) is 0 Å². The molecule has 0 aromatic rings. The van der Waals surface area contributed by atoms with Gasteiger partial charge in [0.1, 0.15) is 0 Å². The van der Waals surface area contributed by atoms with Crippen molar-refractivity contribution in [3.05, 3.63) is 4.91 Å². The maximum Gasteiger partial charge on any atom is 1.00 e. The van der Waals surface area contributed by atoms with Crippen molar-refractivity contribution in [1.29, 1.82) is 0 Å². The Morgan fingerprint density at radius 1 is 1.62 bits per heavy atom. The second-order valence-electron chi connectivity index (χ2n) is 0.577. The Bertz CT molecular complexity index is 150. The molecule has 0 saturated heterocycles. The number of hydrogen-bond donors (Lipinski definition) is 1. The van der Waals surface area contributed by atoms with Crippen LogP contribution in [0.3, 0.4) is 0 Å². The molecule has 1 N–H and O–H groups in total. The first-order valence-corrected chi connectivity index (χ1v) is 2.41. The van der Waals surface area contributed by atoms with E-state index in [0.29, 0.717) is 0 Å². The van der Waals surface area contributed by atoms with E-state index in [0.717, 1.165) is 0 Å². The van der Waals surface area contributed by atoms with Crippen molar-refractivity contribution >= 4 is 10.4 Å². The third kappa shape index (κ3) is 9.58. The molecule has 0 saturated carbocycles. The molecule has 0 aliphatic heterocycles. The van der Waals surface area contributed by atoms with Crippen LogP contribution >= 0.6 is 0 Å². The van der Waals surface area contributed by atoms with Crippen LogP contribution in [0, 0.1) is 4.91 Å². The smallest absolute Gasteiger partial charge is 1.00 e. The van der Waals surface area contributed by atoms with Crippen LogP contribution in [0.25, 0.3) is 0 Å².